The molecule has 2 aliphatic rings. The van der Waals surface area contributed by atoms with E-state index in [-0.39, 0.29) is 37.3 Å². The molecule has 216 valence electrons. The van der Waals surface area contributed by atoms with Gasteiger partial charge in [0.25, 0.3) is 6.29 Å². The number of carbonyl (C=O) groups is 3. The van der Waals surface area contributed by atoms with Crippen molar-refractivity contribution >= 4 is 42.7 Å². The number of fused-ring (bicyclic) bond motifs is 1. The highest BCUT2D eigenvalue weighted by Crippen LogP contribution is 2.44. The van der Waals surface area contributed by atoms with Crippen LogP contribution in [0.25, 0.3) is 0 Å². The lowest BCUT2D eigenvalue weighted by Crippen LogP contribution is -2.43. The van der Waals surface area contributed by atoms with Crippen LogP contribution >= 0.6 is 24.8 Å². The van der Waals surface area contributed by atoms with E-state index >= 15 is 0 Å². The number of nitrogens with two attached hydrogens (primary N) is 2. The van der Waals surface area contributed by atoms with E-state index in [0.717, 1.165) is 11.1 Å². The van der Waals surface area contributed by atoms with Crippen molar-refractivity contribution in [1.82, 2.24) is 0 Å². The first-order valence-corrected chi connectivity index (χ1v) is 12.5. The molecule has 11 heteroatoms. The number of ether oxygens (including phenoxy) is 4. The lowest BCUT2D eigenvalue weighted by Gasteiger charge is -2.34. The third kappa shape index (κ3) is 8.08. The van der Waals surface area contributed by atoms with Gasteiger partial charge in [-0.15, -0.1) is 24.8 Å². The normalized spacial score (nSPS) is 20.5. The topological polar surface area (TPSA) is 140 Å². The van der Waals surface area contributed by atoms with Gasteiger partial charge in [0.2, 0.25) is 0 Å². The molecule has 0 saturated carbocycles. The Balaban J connectivity index is 0.00000280. The second kappa shape index (κ2) is 15.4. The maximum Gasteiger partial charge on any atom is 0.337 e. The molecule has 0 bridgehead atoms. The van der Waals surface area contributed by atoms with Crippen LogP contribution in [0, 0.1) is 11.8 Å². The molecule has 40 heavy (non-hydrogen) atoms. The summed E-state index contributed by atoms with van der Waals surface area (Å²) in [7, 11) is 1.28. The zero-order valence-corrected chi connectivity index (χ0v) is 23.6. The quantitative estimate of drug-likeness (QED) is 0.242. The number of allylic oxidation sites excluding steroid dienone is 1. The van der Waals surface area contributed by atoms with Gasteiger partial charge in [-0.1, -0.05) is 66.7 Å². The lowest BCUT2D eigenvalue weighted by atomic mass is 9.83. The molecule has 4 N–H and O–H groups in total. The molecular weight excluding hydrogens is 559 g/mol. The minimum absolute atomic E-state index is 0. The summed E-state index contributed by atoms with van der Waals surface area (Å²) in [5.74, 6) is -2.66. The first-order chi connectivity index (χ1) is 18.4. The monoisotopic (exact) mass is 592 g/mol. The maximum absolute atomic E-state index is 12.9. The largest absolute Gasteiger partial charge is 0.466 e. The maximum atomic E-state index is 12.9. The summed E-state index contributed by atoms with van der Waals surface area (Å²) in [6.45, 7) is -0.0789. The number of methoxy groups -OCH3 is 1. The zero-order valence-electron chi connectivity index (χ0n) is 22.0. The number of esters is 3. The van der Waals surface area contributed by atoms with Crippen LogP contribution in [0.2, 0.25) is 0 Å². The van der Waals surface area contributed by atoms with E-state index in [9.17, 15) is 14.4 Å². The molecule has 0 radical (unpaired) electrons. The van der Waals surface area contributed by atoms with Gasteiger partial charge in [0, 0.05) is 5.92 Å². The van der Waals surface area contributed by atoms with Crippen molar-refractivity contribution in [3.05, 3.63) is 95.3 Å². The van der Waals surface area contributed by atoms with Crippen molar-refractivity contribution < 1.29 is 33.3 Å². The van der Waals surface area contributed by atoms with Crippen LogP contribution in [-0.2, 0) is 46.2 Å². The fraction of sp³-hybridized carbons (Fsp3) is 0.345. The standard InChI is InChI=1S/C29H32N2O7.2ClH/c1-35-26(32)22-17-37-29(38-28(34)24(31)15-19-10-6-3-7-11-19)25-20(12-13-21(22)25)16-36-27(33)23(30)14-18-8-4-2-5-9-18;;/h2-12,17,21,23-25,29H,13-16,30-31H2,1H3;2*1H/t21-,23+,24?,25-,29+;;/m1../s1. The third-order valence-electron chi connectivity index (χ3n) is 6.75. The first kappa shape index (κ1) is 32.8. The summed E-state index contributed by atoms with van der Waals surface area (Å²) < 4.78 is 21.8. The van der Waals surface area contributed by atoms with Crippen molar-refractivity contribution in [3.8, 4) is 0 Å². The number of halogens is 2. The van der Waals surface area contributed by atoms with E-state index in [4.69, 9.17) is 30.4 Å². The second-order valence-corrected chi connectivity index (χ2v) is 9.35. The Labute approximate surface area is 245 Å². The Morgan fingerprint density at radius 3 is 2.00 bits per heavy atom. The van der Waals surface area contributed by atoms with Gasteiger partial charge in [0.1, 0.15) is 18.7 Å². The summed E-state index contributed by atoms with van der Waals surface area (Å²) in [5.41, 5.74) is 15.0. The lowest BCUT2D eigenvalue weighted by molar-refractivity contribution is -0.184. The van der Waals surface area contributed by atoms with Crippen molar-refractivity contribution in [1.29, 1.82) is 0 Å². The summed E-state index contributed by atoms with van der Waals surface area (Å²) in [6.07, 6.45) is 3.18. The molecule has 1 aliphatic heterocycles. The van der Waals surface area contributed by atoms with Gasteiger partial charge in [0.15, 0.2) is 0 Å². The van der Waals surface area contributed by atoms with Gasteiger partial charge < -0.3 is 30.4 Å². The van der Waals surface area contributed by atoms with Crippen LogP contribution in [0.4, 0.5) is 0 Å². The van der Waals surface area contributed by atoms with E-state index in [2.05, 4.69) is 0 Å². The number of carbonyl (C=O) groups excluding carboxylic acids is 3. The van der Waals surface area contributed by atoms with Gasteiger partial charge in [-0.2, -0.15) is 0 Å². The molecular formula is C29H34Cl2N2O7. The van der Waals surface area contributed by atoms with Crippen molar-refractivity contribution in [2.75, 3.05) is 13.7 Å². The Morgan fingerprint density at radius 2 is 1.45 bits per heavy atom. The summed E-state index contributed by atoms with van der Waals surface area (Å²) in [6, 6.07) is 17.0. The molecule has 1 aliphatic carbocycles. The van der Waals surface area contributed by atoms with Crippen LogP contribution in [0.3, 0.4) is 0 Å². The number of hydrogen-bond donors (Lipinski definition) is 2. The van der Waals surface area contributed by atoms with Crippen LogP contribution in [0.5, 0.6) is 0 Å². The molecule has 2 aromatic carbocycles. The fourth-order valence-corrected chi connectivity index (χ4v) is 4.76. The average molecular weight is 594 g/mol. The zero-order chi connectivity index (χ0) is 27.1. The third-order valence-corrected chi connectivity index (χ3v) is 6.75. The smallest absolute Gasteiger partial charge is 0.337 e. The molecule has 0 aromatic heterocycles. The van der Waals surface area contributed by atoms with Crippen LogP contribution in [0.1, 0.15) is 17.5 Å². The van der Waals surface area contributed by atoms with E-state index in [0.29, 0.717) is 30.4 Å². The minimum atomic E-state index is -1.05. The van der Waals surface area contributed by atoms with Crippen LogP contribution in [-0.4, -0.2) is 50.0 Å². The molecule has 0 spiro atoms. The minimum Gasteiger partial charge on any atom is -0.466 e. The fourth-order valence-electron chi connectivity index (χ4n) is 4.76. The summed E-state index contributed by atoms with van der Waals surface area (Å²) in [5, 5.41) is 0. The van der Waals surface area contributed by atoms with Gasteiger partial charge in [-0.3, -0.25) is 9.59 Å². The molecule has 0 amide bonds. The van der Waals surface area contributed by atoms with Crippen molar-refractivity contribution in [2.24, 2.45) is 23.3 Å². The molecule has 5 atom stereocenters. The van der Waals surface area contributed by atoms with E-state index in [1.54, 1.807) is 0 Å². The predicted molar refractivity (Wildman–Crippen MR) is 152 cm³/mol. The van der Waals surface area contributed by atoms with Crippen LogP contribution < -0.4 is 11.5 Å². The molecule has 1 heterocycles. The van der Waals surface area contributed by atoms with Gasteiger partial charge in [-0.05, 0) is 36.0 Å². The summed E-state index contributed by atoms with van der Waals surface area (Å²) >= 11 is 0. The Morgan fingerprint density at radius 1 is 0.900 bits per heavy atom. The van der Waals surface area contributed by atoms with Gasteiger partial charge >= 0.3 is 17.9 Å². The predicted octanol–water partition coefficient (Wildman–Crippen LogP) is 3.03. The van der Waals surface area contributed by atoms with Gasteiger partial charge in [-0.25, -0.2) is 4.79 Å². The van der Waals surface area contributed by atoms with Crippen molar-refractivity contribution in [2.45, 2.75) is 37.6 Å². The number of benzene rings is 2. The highest BCUT2D eigenvalue weighted by molar-refractivity contribution is 5.89. The summed E-state index contributed by atoms with van der Waals surface area (Å²) in [4.78, 5) is 37.8. The van der Waals surface area contributed by atoms with E-state index < -0.39 is 42.2 Å². The molecule has 0 fully saturated rings. The second-order valence-electron chi connectivity index (χ2n) is 9.35. The van der Waals surface area contributed by atoms with E-state index in [1.165, 1.54) is 13.4 Å². The Hall–Kier alpha value is -3.37. The SMILES string of the molecule is COC(=O)C1=CO[C@@H](OC(=O)C(N)Cc2ccccc2)[C@@H]2C(COC(=O)[C@@H](N)Cc3ccccc3)=CC[C@H]12.Cl.Cl. The number of hydrogen-bond acceptors (Lipinski definition) is 9. The van der Waals surface area contributed by atoms with Crippen LogP contribution in [0.15, 0.2) is 84.1 Å². The van der Waals surface area contributed by atoms with Gasteiger partial charge in [0.05, 0.1) is 24.9 Å². The van der Waals surface area contributed by atoms with Crippen molar-refractivity contribution in [3.63, 3.8) is 0 Å². The molecule has 0 saturated heterocycles. The highest BCUT2D eigenvalue weighted by Gasteiger charge is 2.46. The molecule has 1 unspecified atom stereocenters. The first-order valence-electron chi connectivity index (χ1n) is 12.5. The average Bonchev–Trinajstić information content (AvgIpc) is 3.37. The molecule has 4 rings (SSSR count). The Bertz CT molecular complexity index is 1210. The molecule has 9 nitrogen and oxygen atoms in total. The highest BCUT2D eigenvalue weighted by atomic mass is 35.5. The molecule has 2 aromatic rings. The van der Waals surface area contributed by atoms with E-state index in [1.807, 2.05) is 66.7 Å². The number of rotatable bonds is 10. The Kier molecular flexibility index (Phi) is 12.7.